The number of fused-ring (bicyclic) bond motifs is 3. The van der Waals surface area contributed by atoms with Crippen molar-refractivity contribution in [1.29, 1.82) is 0 Å². The fourth-order valence-corrected chi connectivity index (χ4v) is 3.02. The number of aromatic nitrogens is 3. The number of nitrogens with zero attached hydrogens (tertiary/aromatic N) is 2. The van der Waals surface area contributed by atoms with Gasteiger partial charge in [0.25, 0.3) is 5.91 Å². The van der Waals surface area contributed by atoms with Crippen LogP contribution in [0.5, 0.6) is 0 Å². The molecule has 0 aromatic carbocycles. The van der Waals surface area contributed by atoms with E-state index in [1.165, 1.54) is 5.56 Å². The molecule has 23 heavy (non-hydrogen) atoms. The van der Waals surface area contributed by atoms with Crippen LogP contribution < -0.4 is 5.32 Å². The molecule has 0 atom stereocenters. The van der Waals surface area contributed by atoms with Crippen LogP contribution in [0, 0.1) is 6.92 Å². The number of nitrogens with one attached hydrogen (secondary N) is 2. The summed E-state index contributed by atoms with van der Waals surface area (Å²) in [5.74, 6) is 1.02. The van der Waals surface area contributed by atoms with E-state index >= 15 is 0 Å². The molecule has 1 aliphatic carbocycles. The summed E-state index contributed by atoms with van der Waals surface area (Å²) in [7, 11) is 0. The van der Waals surface area contributed by atoms with Gasteiger partial charge in [0.15, 0.2) is 5.76 Å². The highest BCUT2D eigenvalue weighted by molar-refractivity contribution is 5.95. The van der Waals surface area contributed by atoms with Gasteiger partial charge in [0.1, 0.15) is 5.76 Å². The van der Waals surface area contributed by atoms with Gasteiger partial charge in [-0.2, -0.15) is 5.10 Å². The molecule has 0 saturated heterocycles. The van der Waals surface area contributed by atoms with Gasteiger partial charge in [-0.3, -0.25) is 14.9 Å². The zero-order chi connectivity index (χ0) is 15.8. The molecule has 0 fully saturated rings. The van der Waals surface area contributed by atoms with E-state index in [2.05, 4.69) is 20.5 Å². The number of H-pyrrole nitrogens is 1. The second kappa shape index (κ2) is 5.39. The molecule has 0 radical (unpaired) electrons. The summed E-state index contributed by atoms with van der Waals surface area (Å²) in [4.78, 5) is 16.5. The number of amides is 1. The Balaban J connectivity index is 1.60. The fraction of sp³-hybridized carbons (Fsp3) is 0.235. The predicted molar refractivity (Wildman–Crippen MR) is 83.8 cm³/mol. The van der Waals surface area contributed by atoms with Crippen molar-refractivity contribution in [1.82, 2.24) is 20.5 Å². The molecule has 3 heterocycles. The van der Waals surface area contributed by atoms with Crippen molar-refractivity contribution in [3.63, 3.8) is 0 Å². The van der Waals surface area contributed by atoms with Crippen LogP contribution in [0.2, 0.25) is 0 Å². The molecule has 0 bridgehead atoms. The predicted octanol–water partition coefficient (Wildman–Crippen LogP) is 2.40. The number of rotatable bonds is 3. The van der Waals surface area contributed by atoms with Crippen LogP contribution in [-0.2, 0) is 19.4 Å². The summed E-state index contributed by atoms with van der Waals surface area (Å²) in [6, 6.07) is 3.77. The lowest BCUT2D eigenvalue weighted by Crippen LogP contribution is -2.23. The number of hydrogen-bond donors (Lipinski definition) is 2. The van der Waals surface area contributed by atoms with E-state index in [0.29, 0.717) is 12.3 Å². The van der Waals surface area contributed by atoms with Crippen LogP contribution in [0.4, 0.5) is 0 Å². The number of aryl methyl sites for hydroxylation is 2. The van der Waals surface area contributed by atoms with E-state index in [0.717, 1.165) is 41.0 Å². The normalized spacial score (nSPS) is 12.6. The zero-order valence-electron chi connectivity index (χ0n) is 12.7. The van der Waals surface area contributed by atoms with Gasteiger partial charge < -0.3 is 9.73 Å². The average molecular weight is 308 g/mol. The van der Waals surface area contributed by atoms with Crippen molar-refractivity contribution in [2.24, 2.45) is 0 Å². The average Bonchev–Trinajstić information content (AvgIpc) is 3.17. The van der Waals surface area contributed by atoms with Crippen LogP contribution in [0.25, 0.3) is 11.3 Å². The molecule has 3 aromatic heterocycles. The molecule has 3 aromatic rings. The van der Waals surface area contributed by atoms with E-state index in [4.69, 9.17) is 4.42 Å². The fourth-order valence-electron chi connectivity index (χ4n) is 3.02. The molecular formula is C17H16N4O2. The lowest BCUT2D eigenvalue weighted by Gasteiger charge is -2.09. The summed E-state index contributed by atoms with van der Waals surface area (Å²) in [5, 5.41) is 10.00. The van der Waals surface area contributed by atoms with E-state index < -0.39 is 0 Å². The van der Waals surface area contributed by atoms with E-state index in [-0.39, 0.29) is 5.91 Å². The third kappa shape index (κ3) is 2.32. The summed E-state index contributed by atoms with van der Waals surface area (Å²) in [6.45, 7) is 2.34. The van der Waals surface area contributed by atoms with Crippen LogP contribution in [0.3, 0.4) is 0 Å². The molecule has 116 valence electrons. The Morgan fingerprint density at radius 2 is 2.30 bits per heavy atom. The van der Waals surface area contributed by atoms with Crippen LogP contribution >= 0.6 is 0 Å². The van der Waals surface area contributed by atoms with Gasteiger partial charge >= 0.3 is 0 Å². The minimum absolute atomic E-state index is 0.207. The Kier molecular flexibility index (Phi) is 3.22. The monoisotopic (exact) mass is 308 g/mol. The second-order valence-electron chi connectivity index (χ2n) is 5.67. The Morgan fingerprint density at radius 3 is 3.13 bits per heavy atom. The first-order chi connectivity index (χ1) is 11.2. The highest BCUT2D eigenvalue weighted by Gasteiger charge is 2.28. The summed E-state index contributed by atoms with van der Waals surface area (Å²) in [5.41, 5.74) is 4.93. The first kappa shape index (κ1) is 13.8. The number of aromatic amines is 1. The van der Waals surface area contributed by atoms with Crippen LogP contribution in [0.15, 0.2) is 35.1 Å². The smallest absolute Gasteiger partial charge is 0.287 e. The van der Waals surface area contributed by atoms with Crippen molar-refractivity contribution in [3.8, 4) is 11.3 Å². The van der Waals surface area contributed by atoms with Gasteiger partial charge in [-0.15, -0.1) is 0 Å². The Labute approximate surface area is 132 Å². The molecule has 2 N–H and O–H groups in total. The van der Waals surface area contributed by atoms with E-state index in [1.54, 1.807) is 12.4 Å². The standard InChI is InChI=1S/C17H16N4O2/c1-10-14-13(5-4-12-9-20-21-15(12)14)23-16(10)17(22)19-8-11-3-2-6-18-7-11/h2-3,6-7,9H,4-5,8H2,1H3,(H,19,22)(H,20,21). The number of furan rings is 1. The number of pyridine rings is 1. The van der Waals surface area contributed by atoms with Gasteiger partial charge in [0, 0.05) is 36.5 Å². The molecule has 1 aliphatic rings. The maximum atomic E-state index is 12.5. The van der Waals surface area contributed by atoms with E-state index in [1.807, 2.05) is 25.3 Å². The largest absolute Gasteiger partial charge is 0.455 e. The summed E-state index contributed by atoms with van der Waals surface area (Å²) >= 11 is 0. The van der Waals surface area contributed by atoms with Crippen molar-refractivity contribution in [2.45, 2.75) is 26.3 Å². The highest BCUT2D eigenvalue weighted by atomic mass is 16.4. The van der Waals surface area contributed by atoms with Gasteiger partial charge in [0.05, 0.1) is 11.9 Å². The first-order valence-corrected chi connectivity index (χ1v) is 7.56. The van der Waals surface area contributed by atoms with Gasteiger partial charge in [0.2, 0.25) is 0 Å². The van der Waals surface area contributed by atoms with Crippen molar-refractivity contribution >= 4 is 5.91 Å². The lowest BCUT2D eigenvalue weighted by molar-refractivity contribution is 0.0920. The van der Waals surface area contributed by atoms with Crippen LogP contribution in [0.1, 0.15) is 33.0 Å². The maximum absolute atomic E-state index is 12.5. The Bertz CT molecular complexity index is 864. The third-order valence-corrected chi connectivity index (χ3v) is 4.19. The van der Waals surface area contributed by atoms with Crippen molar-refractivity contribution in [2.75, 3.05) is 0 Å². The summed E-state index contributed by atoms with van der Waals surface area (Å²) < 4.78 is 5.84. The molecule has 6 nitrogen and oxygen atoms in total. The summed E-state index contributed by atoms with van der Waals surface area (Å²) in [6.07, 6.45) is 6.95. The molecule has 0 unspecified atom stereocenters. The van der Waals surface area contributed by atoms with E-state index in [9.17, 15) is 4.79 Å². The Morgan fingerprint density at radius 1 is 1.39 bits per heavy atom. The van der Waals surface area contributed by atoms with Crippen molar-refractivity contribution in [3.05, 3.63) is 58.9 Å². The maximum Gasteiger partial charge on any atom is 0.287 e. The van der Waals surface area contributed by atoms with Gasteiger partial charge in [-0.05, 0) is 30.5 Å². The molecular weight excluding hydrogens is 292 g/mol. The molecule has 0 aliphatic heterocycles. The minimum atomic E-state index is -0.207. The molecule has 4 rings (SSSR count). The topological polar surface area (TPSA) is 83.8 Å². The van der Waals surface area contributed by atoms with Crippen LogP contribution in [-0.4, -0.2) is 21.1 Å². The quantitative estimate of drug-likeness (QED) is 0.778. The third-order valence-electron chi connectivity index (χ3n) is 4.19. The van der Waals surface area contributed by atoms with Gasteiger partial charge in [-0.25, -0.2) is 0 Å². The number of carbonyl (C=O) groups is 1. The lowest BCUT2D eigenvalue weighted by atomic mass is 9.93. The number of carbonyl (C=O) groups excluding carboxylic acids is 1. The SMILES string of the molecule is Cc1c(C(=O)NCc2cccnc2)oc2c1-c1[nH]ncc1CC2. The molecule has 0 saturated carbocycles. The minimum Gasteiger partial charge on any atom is -0.455 e. The zero-order valence-corrected chi connectivity index (χ0v) is 12.7. The number of hydrogen-bond acceptors (Lipinski definition) is 4. The molecule has 0 spiro atoms. The first-order valence-electron chi connectivity index (χ1n) is 7.56. The Hall–Kier alpha value is -2.89. The van der Waals surface area contributed by atoms with Gasteiger partial charge in [-0.1, -0.05) is 6.07 Å². The van der Waals surface area contributed by atoms with Crippen molar-refractivity contribution < 1.29 is 9.21 Å². The highest BCUT2D eigenvalue weighted by Crippen LogP contribution is 2.37. The second-order valence-corrected chi connectivity index (χ2v) is 5.67. The molecule has 1 amide bonds. The molecule has 6 heteroatoms.